The fraction of sp³-hybridized carbons (Fsp3) is 0.409. The molecule has 0 atom stereocenters. The van der Waals surface area contributed by atoms with Gasteiger partial charge in [0.25, 0.3) is 0 Å². The Balaban J connectivity index is 0.909. The van der Waals surface area contributed by atoms with Gasteiger partial charge in [0.15, 0.2) is 34.5 Å². The zero-order valence-electron chi connectivity index (χ0n) is 47.8. The molecule has 0 spiro atoms. The van der Waals surface area contributed by atoms with E-state index in [4.69, 9.17) is 42.6 Å². The first-order valence-electron chi connectivity index (χ1n) is 28.7. The normalized spacial score (nSPS) is 16.2. The highest BCUT2D eigenvalue weighted by atomic mass is 127. The van der Waals surface area contributed by atoms with Crippen molar-refractivity contribution in [1.82, 2.24) is 0 Å². The van der Waals surface area contributed by atoms with Gasteiger partial charge in [-0.2, -0.15) is 0 Å². The molecule has 3 saturated carbocycles. The first kappa shape index (κ1) is 66.7. The molecule has 3 aliphatic carbocycles. The van der Waals surface area contributed by atoms with E-state index in [-0.39, 0.29) is 57.5 Å². The number of carbonyl (C=O) groups is 3. The van der Waals surface area contributed by atoms with Crippen LogP contribution in [0.1, 0.15) is 134 Å². The number of esters is 3. The van der Waals surface area contributed by atoms with E-state index in [1.54, 1.807) is 0 Å². The van der Waals surface area contributed by atoms with Crippen LogP contribution in [0, 0.1) is 21.4 Å². The average molecular weight is 1850 g/mol. The quantitative estimate of drug-likeness (QED) is 0.0247. The number of rotatable bonds is 24. The lowest BCUT2D eigenvalue weighted by Gasteiger charge is -2.33. The lowest BCUT2D eigenvalue weighted by molar-refractivity contribution is -0.164. The third kappa shape index (κ3) is 19.4. The minimum Gasteiger partial charge on any atom is -0.489 e. The second-order valence-corrected chi connectivity index (χ2v) is 31.8. The van der Waals surface area contributed by atoms with Crippen molar-refractivity contribution in [2.75, 3.05) is 19.8 Å². The number of halogens is 6. The highest BCUT2D eigenvalue weighted by Crippen LogP contribution is 2.39. The van der Waals surface area contributed by atoms with Gasteiger partial charge in [0.2, 0.25) is 0 Å². The molecule has 452 valence electrons. The van der Waals surface area contributed by atoms with E-state index in [1.165, 1.54) is 19.3 Å². The van der Waals surface area contributed by atoms with E-state index in [0.717, 1.165) is 130 Å². The predicted octanol–water partition coefficient (Wildman–Crippen LogP) is 18.1. The molecule has 9 rings (SSSR count). The lowest BCUT2D eigenvalue weighted by atomic mass is 9.86. The van der Waals surface area contributed by atoms with Crippen LogP contribution < -0.4 is 28.4 Å². The van der Waals surface area contributed by atoms with Gasteiger partial charge in [-0.05, 0) is 343 Å². The van der Waals surface area contributed by atoms with Gasteiger partial charge < -0.3 is 42.6 Å². The van der Waals surface area contributed by atoms with Crippen LogP contribution in [0.25, 0.3) is 0 Å². The number of carbonyl (C=O) groups excluding carboxylic acids is 3. The van der Waals surface area contributed by atoms with Crippen molar-refractivity contribution in [2.45, 2.75) is 168 Å². The molecule has 0 aliphatic heterocycles. The average Bonchev–Trinajstić information content (AvgIpc) is 3.57. The molecular formula is C66H69I6O12S+. The molecular weight excluding hydrogens is 1780 g/mol. The second-order valence-electron chi connectivity index (χ2n) is 22.5. The highest BCUT2D eigenvalue weighted by molar-refractivity contribution is 14.1. The van der Waals surface area contributed by atoms with Gasteiger partial charge in [-0.1, -0.05) is 19.3 Å². The first-order chi connectivity index (χ1) is 40.8. The monoisotopic (exact) mass is 1850 g/mol. The Morgan fingerprint density at radius 1 is 0.365 bits per heavy atom. The van der Waals surface area contributed by atoms with Crippen molar-refractivity contribution >= 4 is 164 Å². The van der Waals surface area contributed by atoms with Gasteiger partial charge in [-0.3, -0.25) is 0 Å². The molecule has 0 N–H and O–H groups in total. The third-order valence-electron chi connectivity index (χ3n) is 15.4. The van der Waals surface area contributed by atoms with E-state index in [1.807, 2.05) is 93.6 Å². The Morgan fingerprint density at radius 2 is 0.612 bits per heavy atom. The number of ether oxygens (including phenoxy) is 9. The fourth-order valence-electron chi connectivity index (χ4n) is 11.1. The van der Waals surface area contributed by atoms with Crippen LogP contribution in [-0.4, -0.2) is 54.5 Å². The van der Waals surface area contributed by atoms with Crippen LogP contribution in [0.4, 0.5) is 0 Å². The molecule has 0 saturated heterocycles. The van der Waals surface area contributed by atoms with Gasteiger partial charge >= 0.3 is 17.9 Å². The van der Waals surface area contributed by atoms with Crippen molar-refractivity contribution < 1.29 is 57.0 Å². The van der Waals surface area contributed by atoms with Crippen molar-refractivity contribution in [3.05, 3.63) is 147 Å². The maximum atomic E-state index is 13.1. The summed E-state index contributed by atoms with van der Waals surface area (Å²) < 4.78 is 61.5. The minimum atomic E-state index is -0.593. The summed E-state index contributed by atoms with van der Waals surface area (Å²) in [5, 5.41) is 0. The summed E-state index contributed by atoms with van der Waals surface area (Å²) in [5.74, 6) is 2.76. The van der Waals surface area contributed by atoms with Crippen LogP contribution in [0.2, 0.25) is 0 Å². The van der Waals surface area contributed by atoms with Gasteiger partial charge in [0.1, 0.15) is 71.1 Å². The zero-order chi connectivity index (χ0) is 60.1. The molecule has 6 aromatic rings. The number of hydrogen-bond acceptors (Lipinski definition) is 12. The van der Waals surface area contributed by atoms with E-state index in [2.05, 4.69) is 172 Å². The Labute approximate surface area is 584 Å². The topological polar surface area (TPSA) is 134 Å². The number of benzene rings is 6. The molecule has 0 radical (unpaired) electrons. The minimum absolute atomic E-state index is 0.183. The maximum absolute atomic E-state index is 13.1. The largest absolute Gasteiger partial charge is 0.489 e. The molecule has 0 amide bonds. The summed E-state index contributed by atoms with van der Waals surface area (Å²) >= 11 is 13.6. The van der Waals surface area contributed by atoms with Gasteiger partial charge in [-0.15, -0.1) is 0 Å². The summed E-state index contributed by atoms with van der Waals surface area (Å²) in [7, 11) is -0.593. The van der Waals surface area contributed by atoms with Gasteiger partial charge in [-0.25, -0.2) is 14.4 Å². The summed E-state index contributed by atoms with van der Waals surface area (Å²) in [6.45, 7) is 6.20. The Hall–Kier alpha value is -2.74. The molecule has 19 heteroatoms. The van der Waals surface area contributed by atoms with Crippen LogP contribution in [0.15, 0.2) is 124 Å². The third-order valence-corrected chi connectivity index (χ3v) is 21.9. The van der Waals surface area contributed by atoms with E-state index < -0.39 is 27.7 Å². The Bertz CT molecular complexity index is 2930. The molecule has 85 heavy (non-hydrogen) atoms. The lowest BCUT2D eigenvalue weighted by Crippen LogP contribution is -2.35. The van der Waals surface area contributed by atoms with E-state index >= 15 is 0 Å². The van der Waals surface area contributed by atoms with Crippen LogP contribution in [-0.2, 0) is 59.3 Å². The smallest absolute Gasteiger partial charge is 0.344 e. The molecule has 0 unspecified atom stereocenters. The van der Waals surface area contributed by atoms with Crippen LogP contribution in [0.5, 0.6) is 34.5 Å². The standard InChI is InChI=1S/C66H69I6O12S/c1-64(25-7-4-8-26-64)82-58(73)40-79-61-43(31-46(67)34-55(61)70)37-76-49-13-19-52(20-14-49)85(53-21-15-50(16-22-53)77-38-44-32-47(68)35-56(71)62(44)80-41-59(74)83-65(2)27-9-5-10-28-65)54-23-17-51(18-24-54)78-39-45-33-48(69)36-57(72)63(45)81-42-60(75)84-66(3)29-11-6-12-30-66/h13-24,31-36H,4-12,25-30,37-42H2,1-3H3/q+1. The van der Waals surface area contributed by atoms with Crippen molar-refractivity contribution in [1.29, 1.82) is 0 Å². The van der Waals surface area contributed by atoms with E-state index in [0.29, 0.717) is 34.5 Å². The maximum Gasteiger partial charge on any atom is 0.344 e. The van der Waals surface area contributed by atoms with Gasteiger partial charge in [0, 0.05) is 27.4 Å². The highest BCUT2D eigenvalue weighted by Gasteiger charge is 2.35. The molecule has 0 bridgehead atoms. The molecule has 6 aromatic carbocycles. The van der Waals surface area contributed by atoms with Crippen molar-refractivity contribution in [3.63, 3.8) is 0 Å². The number of hydrogen-bond donors (Lipinski definition) is 0. The van der Waals surface area contributed by atoms with Crippen LogP contribution >= 0.6 is 136 Å². The van der Waals surface area contributed by atoms with Crippen molar-refractivity contribution in [3.8, 4) is 34.5 Å². The van der Waals surface area contributed by atoms with Gasteiger partial charge in [0.05, 0.1) is 21.6 Å². The van der Waals surface area contributed by atoms with E-state index in [9.17, 15) is 14.4 Å². The summed E-state index contributed by atoms with van der Waals surface area (Å²) in [6.07, 6.45) is 15.0. The molecule has 0 heterocycles. The Kier molecular flexibility index (Phi) is 24.6. The predicted molar refractivity (Wildman–Crippen MR) is 379 cm³/mol. The fourth-order valence-corrected chi connectivity index (χ4v) is 19.5. The molecule has 3 aliphatic rings. The van der Waals surface area contributed by atoms with Crippen molar-refractivity contribution in [2.24, 2.45) is 0 Å². The second kappa shape index (κ2) is 31.3. The summed E-state index contributed by atoms with van der Waals surface area (Å²) in [6, 6.07) is 36.7. The molecule has 0 aromatic heterocycles. The first-order valence-corrected chi connectivity index (χ1v) is 36.4. The Morgan fingerprint density at radius 3 is 0.859 bits per heavy atom. The molecule has 12 nitrogen and oxygen atoms in total. The molecule has 3 fully saturated rings. The van der Waals surface area contributed by atoms with Crippen LogP contribution in [0.3, 0.4) is 0 Å². The summed E-state index contributed by atoms with van der Waals surface area (Å²) in [4.78, 5) is 42.4. The zero-order valence-corrected chi connectivity index (χ0v) is 61.6. The summed E-state index contributed by atoms with van der Waals surface area (Å²) in [5.41, 5.74) is 1.14. The SMILES string of the molecule is CC1(OC(=O)COc2c(I)cc(I)cc2COc2ccc([S+](c3ccc(OCc4cc(I)cc(I)c4OCC(=O)OC4(C)CCCCC4)cc3)c3ccc(OCc4cc(I)cc(I)c4OCC(=O)OC4(C)CCCCC4)cc3)cc2)CCCCC1.